The fourth-order valence-corrected chi connectivity index (χ4v) is 3.97. The molecule has 1 heterocycles. The lowest BCUT2D eigenvalue weighted by molar-refractivity contribution is -0.0507. The highest BCUT2D eigenvalue weighted by molar-refractivity contribution is 7.11. The summed E-state index contributed by atoms with van der Waals surface area (Å²) in [6.45, 7) is 15.8. The van der Waals surface area contributed by atoms with E-state index in [4.69, 9.17) is 9.72 Å². The molecule has 4 heteroatoms. The van der Waals surface area contributed by atoms with Crippen LogP contribution in [0.2, 0.25) is 0 Å². The smallest absolute Gasteiger partial charge is 0.125 e. The first-order chi connectivity index (χ1) is 10.0. The Labute approximate surface area is 134 Å². The van der Waals surface area contributed by atoms with E-state index in [1.807, 2.05) is 11.3 Å². The number of ether oxygens (including phenoxy) is 1. The predicted molar refractivity (Wildman–Crippen MR) is 91.9 cm³/mol. The van der Waals surface area contributed by atoms with Crippen LogP contribution in [0, 0.1) is 5.92 Å². The summed E-state index contributed by atoms with van der Waals surface area (Å²) in [4.78, 5) is 6.29. The van der Waals surface area contributed by atoms with E-state index in [0.717, 1.165) is 44.0 Å². The maximum absolute atomic E-state index is 6.10. The van der Waals surface area contributed by atoms with Crippen molar-refractivity contribution < 1.29 is 4.74 Å². The topological polar surface area (TPSA) is 34.1 Å². The van der Waals surface area contributed by atoms with E-state index in [2.05, 4.69) is 46.9 Å². The molecule has 0 aliphatic rings. The molecule has 21 heavy (non-hydrogen) atoms. The number of nitrogens with zero attached hydrogens (tertiary/aromatic N) is 1. The molecule has 0 unspecified atom stereocenters. The summed E-state index contributed by atoms with van der Waals surface area (Å²) >= 11 is 1.83. The molecule has 1 rings (SSSR count). The van der Waals surface area contributed by atoms with E-state index in [-0.39, 0.29) is 5.60 Å². The lowest BCUT2D eigenvalue weighted by atomic mass is 9.98. The zero-order valence-corrected chi connectivity index (χ0v) is 15.4. The average Bonchev–Trinajstić information content (AvgIpc) is 2.88. The SMILES string of the molecule is CCOC(CC)(CC)c1nc(CC)c(CNCC(C)C)s1. The van der Waals surface area contributed by atoms with Gasteiger partial charge in [0.1, 0.15) is 10.6 Å². The Morgan fingerprint density at radius 2 is 1.86 bits per heavy atom. The fraction of sp³-hybridized carbons (Fsp3) is 0.824. The predicted octanol–water partition coefficient (Wildman–Crippen LogP) is 4.50. The Bertz CT molecular complexity index is 411. The third-order valence-corrected chi connectivity index (χ3v) is 5.19. The van der Waals surface area contributed by atoms with Crippen LogP contribution in [0.4, 0.5) is 0 Å². The van der Waals surface area contributed by atoms with Crippen LogP contribution >= 0.6 is 11.3 Å². The van der Waals surface area contributed by atoms with Crippen LogP contribution in [0.15, 0.2) is 0 Å². The van der Waals surface area contributed by atoms with Gasteiger partial charge in [-0.1, -0.05) is 34.6 Å². The molecule has 0 radical (unpaired) electrons. The van der Waals surface area contributed by atoms with Gasteiger partial charge in [-0.3, -0.25) is 0 Å². The Kier molecular flexibility index (Phi) is 7.85. The maximum Gasteiger partial charge on any atom is 0.125 e. The Balaban J connectivity index is 2.95. The third kappa shape index (κ3) is 4.76. The van der Waals surface area contributed by atoms with Gasteiger partial charge in [0.2, 0.25) is 0 Å². The summed E-state index contributed by atoms with van der Waals surface area (Å²) in [5, 5.41) is 4.70. The third-order valence-electron chi connectivity index (χ3n) is 3.90. The molecule has 0 bridgehead atoms. The summed E-state index contributed by atoms with van der Waals surface area (Å²) in [6, 6.07) is 0. The van der Waals surface area contributed by atoms with Crippen molar-refractivity contribution in [2.75, 3.05) is 13.2 Å². The van der Waals surface area contributed by atoms with Gasteiger partial charge in [0, 0.05) is 18.0 Å². The number of thiazole rings is 1. The van der Waals surface area contributed by atoms with Gasteiger partial charge in [0.15, 0.2) is 0 Å². The van der Waals surface area contributed by atoms with Gasteiger partial charge in [-0.05, 0) is 38.6 Å². The molecule has 0 aliphatic carbocycles. The molecule has 122 valence electrons. The summed E-state index contributed by atoms with van der Waals surface area (Å²) in [6.07, 6.45) is 2.95. The van der Waals surface area contributed by atoms with Crippen molar-refractivity contribution in [1.82, 2.24) is 10.3 Å². The van der Waals surface area contributed by atoms with E-state index in [1.165, 1.54) is 10.6 Å². The number of hydrogen-bond acceptors (Lipinski definition) is 4. The Morgan fingerprint density at radius 3 is 2.33 bits per heavy atom. The van der Waals surface area contributed by atoms with Crippen molar-refractivity contribution in [2.45, 2.75) is 73.0 Å². The van der Waals surface area contributed by atoms with Crippen molar-refractivity contribution in [3.63, 3.8) is 0 Å². The molecule has 0 atom stereocenters. The summed E-state index contributed by atoms with van der Waals surface area (Å²) in [7, 11) is 0. The van der Waals surface area contributed by atoms with Gasteiger partial charge < -0.3 is 10.1 Å². The highest BCUT2D eigenvalue weighted by Crippen LogP contribution is 2.37. The summed E-state index contributed by atoms with van der Waals surface area (Å²) in [5.41, 5.74) is 1.04. The van der Waals surface area contributed by atoms with Crippen molar-refractivity contribution in [1.29, 1.82) is 0 Å². The second kappa shape index (κ2) is 8.86. The standard InChI is InChI=1S/C17H32N2OS/c1-7-14-15(12-18-11-13(5)6)21-16(19-14)17(8-2,9-3)20-10-4/h13,18H,7-12H2,1-6H3. The molecule has 1 aromatic rings. The lowest BCUT2D eigenvalue weighted by Crippen LogP contribution is -2.28. The van der Waals surface area contributed by atoms with Crippen molar-refractivity contribution in [2.24, 2.45) is 5.92 Å². The van der Waals surface area contributed by atoms with E-state index in [1.54, 1.807) is 0 Å². The van der Waals surface area contributed by atoms with Crippen LogP contribution in [-0.4, -0.2) is 18.1 Å². The molecule has 0 amide bonds. The molecule has 0 fully saturated rings. The fourth-order valence-electron chi connectivity index (χ4n) is 2.56. The zero-order valence-electron chi connectivity index (χ0n) is 14.6. The van der Waals surface area contributed by atoms with Crippen LogP contribution in [0.5, 0.6) is 0 Å². The first-order valence-corrected chi connectivity index (χ1v) is 9.18. The highest BCUT2D eigenvalue weighted by Gasteiger charge is 2.33. The maximum atomic E-state index is 6.10. The van der Waals surface area contributed by atoms with Gasteiger partial charge in [-0.25, -0.2) is 4.98 Å². The minimum Gasteiger partial charge on any atom is -0.368 e. The van der Waals surface area contributed by atoms with Crippen LogP contribution in [0.25, 0.3) is 0 Å². The van der Waals surface area contributed by atoms with Gasteiger partial charge in [0.05, 0.1) is 5.69 Å². The molecule has 0 saturated carbocycles. The van der Waals surface area contributed by atoms with Gasteiger partial charge in [-0.2, -0.15) is 0 Å². The van der Waals surface area contributed by atoms with Crippen molar-refractivity contribution in [3.8, 4) is 0 Å². The number of aromatic nitrogens is 1. The molecular formula is C17H32N2OS. The lowest BCUT2D eigenvalue weighted by Gasteiger charge is -2.29. The summed E-state index contributed by atoms with van der Waals surface area (Å²) in [5.74, 6) is 0.677. The van der Waals surface area contributed by atoms with Crippen molar-refractivity contribution in [3.05, 3.63) is 15.6 Å². The monoisotopic (exact) mass is 312 g/mol. The van der Waals surface area contributed by atoms with Crippen LogP contribution in [-0.2, 0) is 23.3 Å². The number of aryl methyl sites for hydroxylation is 1. The quantitative estimate of drug-likeness (QED) is 0.690. The minimum atomic E-state index is -0.195. The largest absolute Gasteiger partial charge is 0.368 e. The number of hydrogen-bond donors (Lipinski definition) is 1. The highest BCUT2D eigenvalue weighted by atomic mass is 32.1. The van der Waals surface area contributed by atoms with Gasteiger partial charge >= 0.3 is 0 Å². The van der Waals surface area contributed by atoms with E-state index in [9.17, 15) is 0 Å². The van der Waals surface area contributed by atoms with Gasteiger partial charge in [0.25, 0.3) is 0 Å². The minimum absolute atomic E-state index is 0.195. The average molecular weight is 313 g/mol. The van der Waals surface area contributed by atoms with Crippen LogP contribution in [0.1, 0.15) is 70.0 Å². The Hall–Kier alpha value is -0.450. The first kappa shape index (κ1) is 18.6. The number of rotatable bonds is 10. The molecule has 3 nitrogen and oxygen atoms in total. The molecule has 0 spiro atoms. The zero-order chi connectivity index (χ0) is 15.9. The second-order valence-corrected chi connectivity index (χ2v) is 6.99. The summed E-state index contributed by atoms with van der Waals surface area (Å²) < 4.78 is 6.10. The van der Waals surface area contributed by atoms with Crippen molar-refractivity contribution >= 4 is 11.3 Å². The first-order valence-electron chi connectivity index (χ1n) is 8.36. The molecule has 0 saturated heterocycles. The van der Waals surface area contributed by atoms with Crippen LogP contribution in [0.3, 0.4) is 0 Å². The van der Waals surface area contributed by atoms with E-state index >= 15 is 0 Å². The molecule has 0 aromatic carbocycles. The molecule has 0 aliphatic heterocycles. The normalized spacial score (nSPS) is 12.3. The van der Waals surface area contributed by atoms with Crippen LogP contribution < -0.4 is 5.32 Å². The van der Waals surface area contributed by atoms with E-state index in [0.29, 0.717) is 5.92 Å². The molecule has 1 N–H and O–H groups in total. The number of nitrogens with one attached hydrogen (secondary N) is 1. The van der Waals surface area contributed by atoms with E-state index < -0.39 is 0 Å². The molecular weight excluding hydrogens is 280 g/mol. The molecule has 1 aromatic heterocycles. The second-order valence-electron chi connectivity index (χ2n) is 5.90. The Morgan fingerprint density at radius 1 is 1.19 bits per heavy atom. The van der Waals surface area contributed by atoms with Gasteiger partial charge in [-0.15, -0.1) is 11.3 Å².